The van der Waals surface area contributed by atoms with Crippen molar-refractivity contribution in [1.82, 2.24) is 4.90 Å². The van der Waals surface area contributed by atoms with Crippen LogP contribution in [-0.2, 0) is 0 Å². The molecule has 0 fully saturated rings. The third-order valence-corrected chi connectivity index (χ3v) is 3.99. The summed E-state index contributed by atoms with van der Waals surface area (Å²) in [7, 11) is 0. The van der Waals surface area contributed by atoms with E-state index in [-0.39, 0.29) is 0 Å². The highest BCUT2D eigenvalue weighted by Crippen LogP contribution is 2.19. The molecule has 0 saturated heterocycles. The molecule has 0 aliphatic rings. The molecule has 8 atom stereocenters. The molecule has 8 unspecified atom stereocenters. The number of hydrogen-bond acceptors (Lipinski definition) is 11. The molecule has 0 radical (unpaired) electrons. The standard InChI is InChI=1S/C13H28N2O11/c14-13(26)15(5(1-16)9(22)11(24)7(20)3-18)6(2-17)10(23)12(25)8(21)4-19/h5-12,16-25H,1-4H2,(H2,14,26). The average Bonchev–Trinajstić information content (AvgIpc) is 2.64. The summed E-state index contributed by atoms with van der Waals surface area (Å²) in [5, 5.41) is 94.9. The van der Waals surface area contributed by atoms with Crippen LogP contribution in [0, 0.1) is 0 Å². The number of urea groups is 1. The van der Waals surface area contributed by atoms with Crippen LogP contribution in [0.3, 0.4) is 0 Å². The number of nitrogens with two attached hydrogens (primary N) is 1. The average molecular weight is 388 g/mol. The third-order valence-electron chi connectivity index (χ3n) is 3.99. The van der Waals surface area contributed by atoms with E-state index in [4.69, 9.17) is 15.9 Å². The van der Waals surface area contributed by atoms with E-state index in [9.17, 15) is 45.6 Å². The summed E-state index contributed by atoms with van der Waals surface area (Å²) in [6.07, 6.45) is -11.9. The van der Waals surface area contributed by atoms with Crippen molar-refractivity contribution in [2.24, 2.45) is 5.73 Å². The van der Waals surface area contributed by atoms with Crippen LogP contribution in [-0.4, -0.2) is 137 Å². The molecule has 0 aromatic carbocycles. The lowest BCUT2D eigenvalue weighted by atomic mass is 9.95. The van der Waals surface area contributed by atoms with Crippen molar-refractivity contribution in [2.75, 3.05) is 26.4 Å². The first-order valence-electron chi connectivity index (χ1n) is 7.68. The highest BCUT2D eigenvalue weighted by molar-refractivity contribution is 5.73. The predicted molar refractivity (Wildman–Crippen MR) is 83.4 cm³/mol. The summed E-state index contributed by atoms with van der Waals surface area (Å²) >= 11 is 0. The molecule has 0 heterocycles. The van der Waals surface area contributed by atoms with Gasteiger partial charge in [-0.1, -0.05) is 0 Å². The summed E-state index contributed by atoms with van der Waals surface area (Å²) < 4.78 is 0. The van der Waals surface area contributed by atoms with Crippen LogP contribution in [0.2, 0.25) is 0 Å². The lowest BCUT2D eigenvalue weighted by molar-refractivity contribution is -0.134. The van der Waals surface area contributed by atoms with E-state index in [1.165, 1.54) is 0 Å². The zero-order valence-corrected chi connectivity index (χ0v) is 13.9. The Bertz CT molecular complexity index is 386. The fourth-order valence-electron chi connectivity index (χ4n) is 2.42. The molecule has 2 amide bonds. The fourth-order valence-corrected chi connectivity index (χ4v) is 2.42. The van der Waals surface area contributed by atoms with Crippen molar-refractivity contribution in [3.05, 3.63) is 0 Å². The van der Waals surface area contributed by atoms with Crippen LogP contribution in [0.4, 0.5) is 4.79 Å². The second-order valence-corrected chi connectivity index (χ2v) is 5.71. The Morgan fingerprint density at radius 2 is 0.962 bits per heavy atom. The van der Waals surface area contributed by atoms with Crippen molar-refractivity contribution >= 4 is 6.03 Å². The normalized spacial score (nSPS) is 21.2. The van der Waals surface area contributed by atoms with Crippen molar-refractivity contribution in [3.63, 3.8) is 0 Å². The fraction of sp³-hybridized carbons (Fsp3) is 0.923. The largest absolute Gasteiger partial charge is 0.394 e. The van der Waals surface area contributed by atoms with Gasteiger partial charge in [-0.05, 0) is 0 Å². The molecule has 13 nitrogen and oxygen atoms in total. The van der Waals surface area contributed by atoms with Gasteiger partial charge in [0.1, 0.15) is 36.6 Å². The van der Waals surface area contributed by atoms with Crippen molar-refractivity contribution in [1.29, 1.82) is 0 Å². The molecular weight excluding hydrogens is 360 g/mol. The van der Waals surface area contributed by atoms with Crippen molar-refractivity contribution < 1.29 is 55.9 Å². The smallest absolute Gasteiger partial charge is 0.315 e. The van der Waals surface area contributed by atoms with E-state index in [2.05, 4.69) is 0 Å². The van der Waals surface area contributed by atoms with E-state index >= 15 is 0 Å². The lowest BCUT2D eigenvalue weighted by Gasteiger charge is -2.42. The van der Waals surface area contributed by atoms with Crippen LogP contribution < -0.4 is 5.73 Å². The minimum absolute atomic E-state index is 0.357. The van der Waals surface area contributed by atoms with Gasteiger partial charge in [0.2, 0.25) is 0 Å². The number of primary amides is 1. The van der Waals surface area contributed by atoms with Gasteiger partial charge < -0.3 is 61.7 Å². The first kappa shape index (κ1) is 24.9. The first-order chi connectivity index (χ1) is 12.1. The van der Waals surface area contributed by atoms with E-state index in [1.807, 2.05) is 0 Å². The molecule has 12 N–H and O–H groups in total. The molecule has 0 aliphatic heterocycles. The Morgan fingerprint density at radius 1 is 0.654 bits per heavy atom. The second-order valence-electron chi connectivity index (χ2n) is 5.71. The number of carbonyl (C=O) groups is 1. The van der Waals surface area contributed by atoms with Gasteiger partial charge in [-0.25, -0.2) is 4.79 Å². The van der Waals surface area contributed by atoms with Crippen LogP contribution in [0.15, 0.2) is 0 Å². The minimum Gasteiger partial charge on any atom is -0.394 e. The topological polar surface area (TPSA) is 249 Å². The van der Waals surface area contributed by atoms with Crippen LogP contribution >= 0.6 is 0 Å². The number of aliphatic hydroxyl groups is 10. The summed E-state index contributed by atoms with van der Waals surface area (Å²) in [6.45, 7) is -4.02. The lowest BCUT2D eigenvalue weighted by Crippen LogP contribution is -2.65. The van der Waals surface area contributed by atoms with E-state index in [0.717, 1.165) is 0 Å². The minimum atomic E-state index is -2.07. The van der Waals surface area contributed by atoms with Crippen LogP contribution in [0.5, 0.6) is 0 Å². The Hall–Kier alpha value is -1.13. The maximum Gasteiger partial charge on any atom is 0.315 e. The number of aliphatic hydroxyl groups excluding tert-OH is 10. The highest BCUT2D eigenvalue weighted by atomic mass is 16.4. The van der Waals surface area contributed by atoms with Gasteiger partial charge in [-0.15, -0.1) is 0 Å². The number of nitrogens with zero attached hydrogens (tertiary/aromatic N) is 1. The quantitative estimate of drug-likeness (QED) is 0.150. The SMILES string of the molecule is NC(=O)N(C(CO)C(O)C(O)C(O)CO)C(CO)C(O)C(O)C(O)CO. The molecule has 26 heavy (non-hydrogen) atoms. The van der Waals surface area contributed by atoms with E-state index in [1.54, 1.807) is 0 Å². The number of carbonyl (C=O) groups excluding carboxylic acids is 1. The van der Waals surface area contributed by atoms with E-state index < -0.39 is 81.2 Å². The van der Waals surface area contributed by atoms with Gasteiger partial charge in [-0.2, -0.15) is 0 Å². The van der Waals surface area contributed by atoms with Crippen LogP contribution in [0.1, 0.15) is 0 Å². The summed E-state index contributed by atoms with van der Waals surface area (Å²) in [4.78, 5) is 12.1. The highest BCUT2D eigenvalue weighted by Gasteiger charge is 2.43. The van der Waals surface area contributed by atoms with E-state index in [0.29, 0.717) is 4.90 Å². The Kier molecular flexibility index (Phi) is 11.1. The van der Waals surface area contributed by atoms with Crippen LogP contribution in [0.25, 0.3) is 0 Å². The number of amides is 2. The number of rotatable bonds is 12. The van der Waals surface area contributed by atoms with Gasteiger partial charge in [0.15, 0.2) is 0 Å². The Morgan fingerprint density at radius 3 is 1.15 bits per heavy atom. The zero-order valence-electron chi connectivity index (χ0n) is 13.9. The molecule has 0 rings (SSSR count). The van der Waals surface area contributed by atoms with Crippen molar-refractivity contribution in [2.45, 2.75) is 48.7 Å². The zero-order chi connectivity index (χ0) is 20.6. The Balaban J connectivity index is 5.70. The van der Waals surface area contributed by atoms with Gasteiger partial charge >= 0.3 is 6.03 Å². The predicted octanol–water partition coefficient (Wildman–Crippen LogP) is -6.76. The molecule has 156 valence electrons. The maximum atomic E-state index is 11.7. The molecule has 0 aromatic heterocycles. The molecule has 0 spiro atoms. The second kappa shape index (κ2) is 11.6. The summed E-state index contributed by atoms with van der Waals surface area (Å²) in [5.41, 5.74) is 5.14. The third kappa shape index (κ3) is 5.95. The monoisotopic (exact) mass is 388 g/mol. The van der Waals surface area contributed by atoms with Gasteiger partial charge in [0, 0.05) is 0 Å². The first-order valence-corrected chi connectivity index (χ1v) is 7.68. The molecule has 0 aliphatic carbocycles. The van der Waals surface area contributed by atoms with Gasteiger partial charge in [0.05, 0.1) is 38.5 Å². The molecule has 0 aromatic rings. The summed E-state index contributed by atoms with van der Waals surface area (Å²) in [5.74, 6) is 0. The molecular formula is C13H28N2O11. The van der Waals surface area contributed by atoms with Crippen molar-refractivity contribution in [3.8, 4) is 0 Å². The number of hydrogen-bond donors (Lipinski definition) is 11. The molecule has 13 heteroatoms. The van der Waals surface area contributed by atoms with Gasteiger partial charge in [-0.3, -0.25) is 0 Å². The maximum absolute atomic E-state index is 11.7. The molecule has 0 bridgehead atoms. The Labute approximate surface area is 148 Å². The van der Waals surface area contributed by atoms with Gasteiger partial charge in [0.25, 0.3) is 0 Å². The molecule has 0 saturated carbocycles. The summed E-state index contributed by atoms with van der Waals surface area (Å²) in [6, 6.07) is -4.93.